The molecule has 1 aromatic carbocycles. The minimum absolute atomic E-state index is 0.124. The second-order valence-corrected chi connectivity index (χ2v) is 7.54. The maximum Gasteiger partial charge on any atom is 0.303 e. The van der Waals surface area contributed by atoms with Crippen LogP contribution in [0.2, 0.25) is 0 Å². The van der Waals surface area contributed by atoms with Crippen molar-refractivity contribution in [1.82, 2.24) is 0 Å². The summed E-state index contributed by atoms with van der Waals surface area (Å²) in [7, 11) is 0. The molecule has 1 unspecified atom stereocenters. The van der Waals surface area contributed by atoms with Gasteiger partial charge >= 0.3 is 5.97 Å². The van der Waals surface area contributed by atoms with Crippen molar-refractivity contribution < 1.29 is 19.4 Å². The third kappa shape index (κ3) is 7.64. The van der Waals surface area contributed by atoms with E-state index in [1.807, 2.05) is 18.2 Å². The van der Waals surface area contributed by atoms with Crippen LogP contribution in [0.5, 0.6) is 11.5 Å². The maximum absolute atomic E-state index is 10.5. The fraction of sp³-hybridized carbons (Fsp3) is 0.565. The molecule has 1 N–H and O–H groups in total. The number of rotatable bonds is 12. The zero-order valence-electron chi connectivity index (χ0n) is 16.8. The zero-order chi connectivity index (χ0) is 20.2. The van der Waals surface area contributed by atoms with Crippen molar-refractivity contribution in [2.45, 2.75) is 76.7 Å². The van der Waals surface area contributed by atoms with Crippen molar-refractivity contribution in [2.75, 3.05) is 6.61 Å². The summed E-state index contributed by atoms with van der Waals surface area (Å²) >= 11 is 0. The van der Waals surface area contributed by atoms with Crippen LogP contribution in [0.3, 0.4) is 0 Å². The molecule has 0 amide bonds. The second-order valence-electron chi connectivity index (χ2n) is 7.54. The number of carboxylic acids is 1. The SMILES string of the molecule is CC1(C=CCCCCCCC#N)CCc2cc(OCCCC(=O)O)ccc2O1. The highest BCUT2D eigenvalue weighted by atomic mass is 16.5. The van der Waals surface area contributed by atoms with Crippen molar-refractivity contribution >= 4 is 5.97 Å². The van der Waals surface area contributed by atoms with E-state index in [1.54, 1.807) is 0 Å². The summed E-state index contributed by atoms with van der Waals surface area (Å²) in [5, 5.41) is 17.2. The van der Waals surface area contributed by atoms with Crippen LogP contribution < -0.4 is 9.47 Å². The Kier molecular flexibility index (Phi) is 8.87. The fourth-order valence-corrected chi connectivity index (χ4v) is 3.31. The van der Waals surface area contributed by atoms with Gasteiger partial charge in [-0.05, 0) is 75.3 Å². The van der Waals surface area contributed by atoms with Gasteiger partial charge in [0.1, 0.15) is 17.1 Å². The Labute approximate surface area is 168 Å². The Balaban J connectivity index is 1.77. The molecule has 0 aromatic heterocycles. The minimum atomic E-state index is -0.797. The van der Waals surface area contributed by atoms with Gasteiger partial charge in [0.25, 0.3) is 0 Å². The first-order valence-electron chi connectivity index (χ1n) is 10.2. The number of fused-ring (bicyclic) bond motifs is 1. The summed E-state index contributed by atoms with van der Waals surface area (Å²) in [4.78, 5) is 10.5. The lowest BCUT2D eigenvalue weighted by Gasteiger charge is -2.33. The highest BCUT2D eigenvalue weighted by molar-refractivity contribution is 5.66. The van der Waals surface area contributed by atoms with Crippen molar-refractivity contribution in [3.05, 3.63) is 35.9 Å². The number of benzene rings is 1. The molecule has 0 saturated heterocycles. The van der Waals surface area contributed by atoms with Crippen molar-refractivity contribution in [1.29, 1.82) is 5.26 Å². The van der Waals surface area contributed by atoms with E-state index in [-0.39, 0.29) is 12.0 Å². The molecule has 1 heterocycles. The van der Waals surface area contributed by atoms with Crippen LogP contribution in [0.15, 0.2) is 30.4 Å². The molecule has 0 bridgehead atoms. The minimum Gasteiger partial charge on any atom is -0.494 e. The summed E-state index contributed by atoms with van der Waals surface area (Å²) in [5.74, 6) is 0.866. The number of aryl methyl sites for hydroxylation is 1. The van der Waals surface area contributed by atoms with Crippen molar-refractivity contribution in [3.8, 4) is 17.6 Å². The first-order chi connectivity index (χ1) is 13.5. The van der Waals surface area contributed by atoms with E-state index in [4.69, 9.17) is 19.8 Å². The number of nitriles is 1. The summed E-state index contributed by atoms with van der Waals surface area (Å²) in [6.45, 7) is 2.53. The monoisotopic (exact) mass is 385 g/mol. The molecule has 0 saturated carbocycles. The Bertz CT molecular complexity index is 707. The van der Waals surface area contributed by atoms with Crippen LogP contribution in [-0.4, -0.2) is 23.3 Å². The molecule has 0 radical (unpaired) electrons. The zero-order valence-corrected chi connectivity index (χ0v) is 16.8. The summed E-state index contributed by atoms with van der Waals surface area (Å²) in [6.07, 6.45) is 13.0. The lowest BCUT2D eigenvalue weighted by atomic mass is 9.91. The van der Waals surface area contributed by atoms with E-state index >= 15 is 0 Å². The largest absolute Gasteiger partial charge is 0.494 e. The first kappa shape index (κ1) is 21.8. The highest BCUT2D eigenvalue weighted by Crippen LogP contribution is 2.36. The van der Waals surface area contributed by atoms with Crippen LogP contribution in [0, 0.1) is 11.3 Å². The van der Waals surface area contributed by atoms with Gasteiger partial charge in [-0.2, -0.15) is 5.26 Å². The normalized spacial score (nSPS) is 18.3. The topological polar surface area (TPSA) is 79.5 Å². The van der Waals surface area contributed by atoms with Gasteiger partial charge in [-0.3, -0.25) is 4.79 Å². The summed E-state index contributed by atoms with van der Waals surface area (Å²) < 4.78 is 11.9. The molecule has 5 heteroatoms. The van der Waals surface area contributed by atoms with Crippen LogP contribution in [0.1, 0.15) is 70.3 Å². The maximum atomic E-state index is 10.5. The molecule has 0 fully saturated rings. The molecule has 0 aliphatic carbocycles. The predicted octanol–water partition coefficient (Wildman–Crippen LogP) is 5.43. The average Bonchev–Trinajstić information content (AvgIpc) is 2.67. The van der Waals surface area contributed by atoms with Gasteiger partial charge in [0.05, 0.1) is 12.7 Å². The second kappa shape index (κ2) is 11.4. The number of allylic oxidation sites excluding steroid dienone is 1. The molecule has 1 atom stereocenters. The number of unbranched alkanes of at least 4 members (excludes halogenated alkanes) is 5. The fourth-order valence-electron chi connectivity index (χ4n) is 3.31. The lowest BCUT2D eigenvalue weighted by molar-refractivity contribution is -0.137. The highest BCUT2D eigenvalue weighted by Gasteiger charge is 2.29. The van der Waals surface area contributed by atoms with Crippen molar-refractivity contribution in [2.24, 2.45) is 0 Å². The quantitative estimate of drug-likeness (QED) is 0.383. The van der Waals surface area contributed by atoms with Gasteiger partial charge < -0.3 is 14.6 Å². The Morgan fingerprint density at radius 3 is 2.93 bits per heavy atom. The Morgan fingerprint density at radius 1 is 1.32 bits per heavy atom. The third-order valence-corrected chi connectivity index (χ3v) is 4.95. The van der Waals surface area contributed by atoms with E-state index in [0.29, 0.717) is 19.4 Å². The van der Waals surface area contributed by atoms with Gasteiger partial charge in [-0.15, -0.1) is 0 Å². The van der Waals surface area contributed by atoms with Gasteiger partial charge in [-0.1, -0.05) is 18.9 Å². The Morgan fingerprint density at radius 2 is 2.14 bits per heavy atom. The molecule has 5 nitrogen and oxygen atoms in total. The number of carboxylic acid groups (broad SMARTS) is 1. The van der Waals surface area contributed by atoms with Gasteiger partial charge in [0.15, 0.2) is 0 Å². The van der Waals surface area contributed by atoms with Gasteiger partial charge in [-0.25, -0.2) is 0 Å². The number of aliphatic carboxylic acids is 1. The van der Waals surface area contributed by atoms with Crippen LogP contribution in [0.4, 0.5) is 0 Å². The van der Waals surface area contributed by atoms with Crippen LogP contribution >= 0.6 is 0 Å². The molecular weight excluding hydrogens is 354 g/mol. The van der Waals surface area contributed by atoms with Gasteiger partial charge in [0, 0.05) is 12.8 Å². The van der Waals surface area contributed by atoms with Crippen LogP contribution in [0.25, 0.3) is 0 Å². The number of hydrogen-bond acceptors (Lipinski definition) is 4. The third-order valence-electron chi connectivity index (χ3n) is 4.95. The van der Waals surface area contributed by atoms with Gasteiger partial charge in [0.2, 0.25) is 0 Å². The van der Waals surface area contributed by atoms with E-state index in [9.17, 15) is 4.79 Å². The molecule has 1 aliphatic rings. The molecule has 1 aliphatic heterocycles. The number of hydrogen-bond donors (Lipinski definition) is 1. The summed E-state index contributed by atoms with van der Waals surface area (Å²) in [6, 6.07) is 8.02. The van der Waals surface area contributed by atoms with E-state index in [2.05, 4.69) is 25.1 Å². The number of ether oxygens (including phenoxy) is 2. The first-order valence-corrected chi connectivity index (χ1v) is 10.2. The average molecular weight is 386 g/mol. The molecule has 2 rings (SSSR count). The predicted molar refractivity (Wildman–Crippen MR) is 109 cm³/mol. The smallest absolute Gasteiger partial charge is 0.303 e. The summed E-state index contributed by atoms with van der Waals surface area (Å²) in [5.41, 5.74) is 0.858. The Hall–Kier alpha value is -2.48. The molecule has 28 heavy (non-hydrogen) atoms. The molecule has 1 aromatic rings. The molecule has 152 valence electrons. The molecule has 0 spiro atoms. The van der Waals surface area contributed by atoms with E-state index in [0.717, 1.165) is 55.6 Å². The van der Waals surface area contributed by atoms with Crippen LogP contribution in [-0.2, 0) is 11.2 Å². The number of carbonyl (C=O) groups is 1. The lowest BCUT2D eigenvalue weighted by Crippen LogP contribution is -2.34. The van der Waals surface area contributed by atoms with E-state index in [1.165, 1.54) is 6.42 Å². The standard InChI is InChI=1S/C23H31NO4/c1-23(14-7-5-3-2-4-6-8-16-24)15-13-19-18-20(11-12-21(19)28-23)27-17-9-10-22(25)26/h7,11-12,14,18H,2-6,8-10,13,15,17H2,1H3,(H,25,26). The molecular formula is C23H31NO4. The number of nitrogens with zero attached hydrogens (tertiary/aromatic N) is 1. The van der Waals surface area contributed by atoms with E-state index < -0.39 is 5.97 Å². The van der Waals surface area contributed by atoms with Crippen molar-refractivity contribution in [3.63, 3.8) is 0 Å².